The second-order valence-electron chi connectivity index (χ2n) is 3.58. The molecule has 17 heavy (non-hydrogen) atoms. The number of esters is 1. The van der Waals surface area contributed by atoms with E-state index in [1.807, 2.05) is 13.0 Å². The number of halogens is 1. The summed E-state index contributed by atoms with van der Waals surface area (Å²) < 4.78 is 5.90. The lowest BCUT2D eigenvalue weighted by Crippen LogP contribution is -2.30. The minimum absolute atomic E-state index is 0.263. The first-order chi connectivity index (χ1) is 8.19. The largest absolute Gasteiger partial charge is 0.465 e. The molecule has 1 rings (SSSR count). The van der Waals surface area contributed by atoms with Crippen LogP contribution in [-0.2, 0) is 9.53 Å². The van der Waals surface area contributed by atoms with Gasteiger partial charge in [0.25, 0.3) is 0 Å². The molecule has 4 nitrogen and oxygen atoms in total. The first-order valence-corrected chi connectivity index (χ1v) is 6.48. The summed E-state index contributed by atoms with van der Waals surface area (Å²) in [6.07, 6.45) is 4.32. The zero-order chi connectivity index (χ0) is 12.7. The maximum Gasteiger partial charge on any atom is 0.327 e. The van der Waals surface area contributed by atoms with Crippen molar-refractivity contribution in [2.24, 2.45) is 0 Å². The third-order valence-corrected chi connectivity index (χ3v) is 2.61. The number of hydrogen-bond donors (Lipinski definition) is 1. The Morgan fingerprint density at radius 3 is 2.88 bits per heavy atom. The average Bonchev–Trinajstić information content (AvgIpc) is 2.30. The van der Waals surface area contributed by atoms with Crippen LogP contribution in [0.3, 0.4) is 0 Å². The molecule has 0 spiro atoms. The van der Waals surface area contributed by atoms with Gasteiger partial charge < -0.3 is 10.1 Å². The quantitative estimate of drug-likeness (QED) is 0.820. The molecule has 1 atom stereocenters. The Labute approximate surface area is 110 Å². The summed E-state index contributed by atoms with van der Waals surface area (Å²) >= 11 is 3.34. The molecule has 0 saturated carbocycles. The van der Waals surface area contributed by atoms with Gasteiger partial charge in [-0.05, 0) is 47.4 Å². The first-order valence-electron chi connectivity index (χ1n) is 5.69. The molecular formula is C12H17BrN2O2. The van der Waals surface area contributed by atoms with E-state index in [4.69, 9.17) is 4.74 Å². The summed E-state index contributed by atoms with van der Waals surface area (Å²) in [7, 11) is 0. The summed E-state index contributed by atoms with van der Waals surface area (Å²) in [5, 5.41) is 3.16. The van der Waals surface area contributed by atoms with Crippen molar-refractivity contribution in [3.05, 3.63) is 28.5 Å². The van der Waals surface area contributed by atoms with Crippen LogP contribution in [0.1, 0.15) is 31.9 Å². The molecule has 1 aromatic heterocycles. The van der Waals surface area contributed by atoms with Gasteiger partial charge in [0.05, 0.1) is 6.61 Å². The molecule has 5 heteroatoms. The van der Waals surface area contributed by atoms with E-state index in [9.17, 15) is 4.79 Å². The van der Waals surface area contributed by atoms with E-state index in [0.29, 0.717) is 6.61 Å². The average molecular weight is 301 g/mol. The van der Waals surface area contributed by atoms with Crippen LogP contribution in [0.5, 0.6) is 0 Å². The van der Waals surface area contributed by atoms with Crippen LogP contribution in [0.4, 0.5) is 0 Å². The van der Waals surface area contributed by atoms with Crippen molar-refractivity contribution in [1.29, 1.82) is 0 Å². The van der Waals surface area contributed by atoms with Crippen LogP contribution < -0.4 is 5.32 Å². The smallest absolute Gasteiger partial charge is 0.327 e. The van der Waals surface area contributed by atoms with E-state index in [-0.39, 0.29) is 5.97 Å². The minimum atomic E-state index is -0.445. The number of carbonyl (C=O) groups excluding carboxylic acids is 1. The van der Waals surface area contributed by atoms with Gasteiger partial charge in [0.2, 0.25) is 0 Å². The van der Waals surface area contributed by atoms with Crippen LogP contribution in [0, 0.1) is 0 Å². The summed E-state index contributed by atoms with van der Waals surface area (Å²) in [6, 6.07) is 1.43. The summed E-state index contributed by atoms with van der Waals surface area (Å²) in [5.74, 6) is -0.263. The Morgan fingerprint density at radius 2 is 2.29 bits per heavy atom. The fourth-order valence-electron chi connectivity index (χ4n) is 1.44. The number of nitrogens with one attached hydrogen (secondary N) is 1. The number of nitrogens with zero attached hydrogens (tertiary/aromatic N) is 1. The second kappa shape index (κ2) is 7.40. The van der Waals surface area contributed by atoms with E-state index in [1.165, 1.54) is 0 Å². The maximum atomic E-state index is 11.8. The summed E-state index contributed by atoms with van der Waals surface area (Å²) in [4.78, 5) is 15.9. The highest BCUT2D eigenvalue weighted by Crippen LogP contribution is 2.18. The topological polar surface area (TPSA) is 51.2 Å². The first kappa shape index (κ1) is 14.1. The Balaban J connectivity index is 2.85. The van der Waals surface area contributed by atoms with Gasteiger partial charge in [-0.25, -0.2) is 4.79 Å². The van der Waals surface area contributed by atoms with Crippen LogP contribution in [0.2, 0.25) is 0 Å². The lowest BCUT2D eigenvalue weighted by Gasteiger charge is -2.17. The van der Waals surface area contributed by atoms with Gasteiger partial charge in [0.15, 0.2) is 0 Å². The summed E-state index contributed by atoms with van der Waals surface area (Å²) in [5.41, 5.74) is 0.811. The third-order valence-electron chi connectivity index (χ3n) is 2.18. The van der Waals surface area contributed by atoms with E-state index >= 15 is 0 Å². The van der Waals surface area contributed by atoms with Gasteiger partial charge in [0.1, 0.15) is 6.04 Å². The molecule has 0 aliphatic carbocycles. The molecule has 1 N–H and O–H groups in total. The van der Waals surface area contributed by atoms with Gasteiger partial charge in [-0.15, -0.1) is 0 Å². The molecule has 0 bridgehead atoms. The normalized spacial score (nSPS) is 12.2. The minimum Gasteiger partial charge on any atom is -0.465 e. The molecule has 0 aromatic carbocycles. The van der Waals surface area contributed by atoms with E-state index in [1.54, 1.807) is 19.3 Å². The zero-order valence-corrected chi connectivity index (χ0v) is 11.7. The van der Waals surface area contributed by atoms with Crippen molar-refractivity contribution >= 4 is 21.9 Å². The number of ether oxygens (including phenoxy) is 1. The molecule has 0 radical (unpaired) electrons. The van der Waals surface area contributed by atoms with E-state index < -0.39 is 6.04 Å². The molecule has 0 saturated heterocycles. The lowest BCUT2D eigenvalue weighted by atomic mass is 10.1. The molecule has 0 amide bonds. The highest BCUT2D eigenvalue weighted by molar-refractivity contribution is 9.10. The lowest BCUT2D eigenvalue weighted by molar-refractivity contribution is -0.145. The molecule has 1 unspecified atom stereocenters. The predicted octanol–water partition coefficient (Wildman–Crippen LogP) is 2.45. The molecule has 1 heterocycles. The molecule has 94 valence electrons. The maximum absolute atomic E-state index is 11.8. The predicted molar refractivity (Wildman–Crippen MR) is 69.6 cm³/mol. The highest BCUT2D eigenvalue weighted by Gasteiger charge is 2.21. The zero-order valence-electron chi connectivity index (χ0n) is 10.1. The van der Waals surface area contributed by atoms with Crippen molar-refractivity contribution in [1.82, 2.24) is 10.3 Å². The van der Waals surface area contributed by atoms with Crippen molar-refractivity contribution in [3.8, 4) is 0 Å². The highest BCUT2D eigenvalue weighted by atomic mass is 79.9. The van der Waals surface area contributed by atoms with Crippen LogP contribution in [-0.4, -0.2) is 24.1 Å². The van der Waals surface area contributed by atoms with Crippen molar-refractivity contribution in [2.75, 3.05) is 13.2 Å². The molecule has 0 aliphatic rings. The van der Waals surface area contributed by atoms with Gasteiger partial charge in [-0.2, -0.15) is 0 Å². The second-order valence-corrected chi connectivity index (χ2v) is 4.49. The van der Waals surface area contributed by atoms with Crippen molar-refractivity contribution in [2.45, 2.75) is 26.3 Å². The third kappa shape index (κ3) is 4.44. The number of aromatic nitrogens is 1. The van der Waals surface area contributed by atoms with E-state index in [0.717, 1.165) is 23.0 Å². The van der Waals surface area contributed by atoms with E-state index in [2.05, 4.69) is 26.2 Å². The van der Waals surface area contributed by atoms with Gasteiger partial charge in [-0.1, -0.05) is 6.92 Å². The fourth-order valence-corrected chi connectivity index (χ4v) is 1.82. The molecule has 1 aromatic rings. The Bertz CT molecular complexity index is 371. The number of rotatable bonds is 6. The molecule has 0 aliphatic heterocycles. The summed E-state index contributed by atoms with van der Waals surface area (Å²) in [6.45, 7) is 4.99. The van der Waals surface area contributed by atoms with Crippen LogP contribution in [0.25, 0.3) is 0 Å². The van der Waals surface area contributed by atoms with Gasteiger partial charge >= 0.3 is 5.97 Å². The Morgan fingerprint density at radius 1 is 1.53 bits per heavy atom. The number of carbonyl (C=O) groups is 1. The Kier molecular flexibility index (Phi) is 6.15. The van der Waals surface area contributed by atoms with Crippen molar-refractivity contribution in [3.63, 3.8) is 0 Å². The SMILES string of the molecule is CCCNC(C(=O)OCC)c1cncc(Br)c1. The molecular weight excluding hydrogens is 284 g/mol. The Hall–Kier alpha value is -0.940. The number of hydrogen-bond acceptors (Lipinski definition) is 4. The monoisotopic (exact) mass is 300 g/mol. The standard InChI is InChI=1S/C12H17BrN2O2/c1-3-5-15-11(12(16)17-4-2)9-6-10(13)8-14-7-9/h6-8,11,15H,3-5H2,1-2H3. The fraction of sp³-hybridized carbons (Fsp3) is 0.500. The van der Waals surface area contributed by atoms with Gasteiger partial charge in [0, 0.05) is 16.9 Å². The van der Waals surface area contributed by atoms with Crippen molar-refractivity contribution < 1.29 is 9.53 Å². The number of pyridine rings is 1. The molecule has 0 fully saturated rings. The van der Waals surface area contributed by atoms with Crippen LogP contribution >= 0.6 is 15.9 Å². The van der Waals surface area contributed by atoms with Crippen LogP contribution in [0.15, 0.2) is 22.9 Å². The van der Waals surface area contributed by atoms with Gasteiger partial charge in [-0.3, -0.25) is 4.98 Å².